The lowest BCUT2D eigenvalue weighted by atomic mass is 9.44. The maximum atomic E-state index is 7.54. The van der Waals surface area contributed by atoms with E-state index in [4.69, 9.17) is 4.42 Å². The molecule has 4 aliphatic heterocycles. The van der Waals surface area contributed by atoms with Crippen molar-refractivity contribution in [2.24, 2.45) is 0 Å². The normalized spacial score (nSPS) is 13.1. The highest BCUT2D eigenvalue weighted by Crippen LogP contribution is 2.58. The Labute approximate surface area is 777 Å². The van der Waals surface area contributed by atoms with Gasteiger partial charge in [-0.3, -0.25) is 0 Å². The largest absolute Gasteiger partial charge is 0.455 e. The molecule has 0 fully saturated rings. The fraction of sp³-hybridized carbons (Fsp3) is 0.0156. The number of anilines is 6. The second-order valence-electron chi connectivity index (χ2n) is 38.0. The molecule has 0 unspecified atom stereocenters. The van der Waals surface area contributed by atoms with Gasteiger partial charge in [-0.15, -0.1) is 0 Å². The van der Waals surface area contributed by atoms with E-state index in [0.717, 1.165) is 89.1 Å². The van der Waals surface area contributed by atoms with Gasteiger partial charge >= 0.3 is 13.7 Å². The number of benzene rings is 24. The van der Waals surface area contributed by atoms with E-state index in [1.54, 1.807) is 0 Å². The van der Waals surface area contributed by atoms with Crippen LogP contribution in [0.5, 0.6) is 0 Å². The predicted molar refractivity (Wildman–Crippen MR) is 575 cm³/mol. The summed E-state index contributed by atoms with van der Waals surface area (Å²) < 4.78 is 13.1. The van der Waals surface area contributed by atoms with Gasteiger partial charge in [-0.1, -0.05) is 322 Å². The molecule has 7 heteroatoms. The number of aryl methyl sites for hydroxylation is 2. The number of rotatable bonds is 7. The quantitative estimate of drug-likeness (QED) is 0.118. The molecule has 0 radical (unpaired) electrons. The topological polar surface area (TPSA) is 29.5 Å². The van der Waals surface area contributed by atoms with Crippen LogP contribution in [-0.4, -0.2) is 22.7 Å². The van der Waals surface area contributed by atoms with E-state index < -0.39 is 0 Å². The van der Waals surface area contributed by atoms with E-state index in [-0.39, 0.29) is 13.7 Å². The van der Waals surface area contributed by atoms with Crippen molar-refractivity contribution in [1.29, 1.82) is 0 Å². The fourth-order valence-corrected chi connectivity index (χ4v) is 25.5. The second kappa shape index (κ2) is 27.2. The molecular formula is C128H76B2N4O. The Bertz CT molecular complexity index is 9950. The van der Waals surface area contributed by atoms with Crippen molar-refractivity contribution < 1.29 is 4.42 Å². The van der Waals surface area contributed by atoms with E-state index in [9.17, 15) is 0 Å². The molecule has 135 heavy (non-hydrogen) atoms. The Morgan fingerprint density at radius 3 is 1.16 bits per heavy atom. The van der Waals surface area contributed by atoms with Gasteiger partial charge in [0.05, 0.1) is 0 Å². The maximum Gasteiger partial charge on any atom is 0.333 e. The first-order valence-electron chi connectivity index (χ1n) is 47.2. The number of hydrogen-bond acceptors (Lipinski definition) is 3. The molecule has 7 heterocycles. The molecule has 0 aliphatic carbocycles. The van der Waals surface area contributed by atoms with Crippen molar-refractivity contribution in [2.45, 2.75) is 13.8 Å². The van der Waals surface area contributed by atoms with Crippen LogP contribution < -0.4 is 31.7 Å². The Balaban J connectivity index is 0.696. The molecule has 0 saturated carbocycles. The first kappa shape index (κ1) is 73.5. The molecular weight excluding hydrogens is 1630 g/mol. The lowest BCUT2D eigenvalue weighted by Gasteiger charge is -2.42. The van der Waals surface area contributed by atoms with Crippen LogP contribution in [0.2, 0.25) is 0 Å². The third-order valence-electron chi connectivity index (χ3n) is 31.1. The van der Waals surface area contributed by atoms with Gasteiger partial charge in [0.25, 0.3) is 0 Å². The van der Waals surface area contributed by atoms with Crippen LogP contribution in [0.25, 0.3) is 240 Å². The molecule has 620 valence electrons. The number of furan rings is 1. The van der Waals surface area contributed by atoms with Gasteiger partial charge in [0.15, 0.2) is 0 Å². The van der Waals surface area contributed by atoms with Gasteiger partial charge < -0.3 is 23.2 Å². The monoisotopic (exact) mass is 1710 g/mol. The van der Waals surface area contributed by atoms with Crippen molar-refractivity contribution in [3.63, 3.8) is 0 Å². The van der Waals surface area contributed by atoms with Crippen LogP contribution in [0, 0.1) is 13.8 Å². The summed E-state index contributed by atoms with van der Waals surface area (Å²) in [5.74, 6) is 0. The molecule has 0 saturated heterocycles. The molecule has 0 bridgehead atoms. The Kier molecular flexibility index (Phi) is 14.8. The summed E-state index contributed by atoms with van der Waals surface area (Å²) in [6.07, 6.45) is 0. The summed E-state index contributed by atoms with van der Waals surface area (Å²) in [7, 11) is 0. The van der Waals surface area contributed by atoms with Crippen LogP contribution in [0.15, 0.2) is 429 Å². The molecule has 27 aromatic rings. The van der Waals surface area contributed by atoms with E-state index in [0.29, 0.717) is 0 Å². The molecule has 0 amide bonds. The van der Waals surface area contributed by atoms with Crippen LogP contribution in [-0.2, 0) is 0 Å². The van der Waals surface area contributed by atoms with Crippen molar-refractivity contribution in [3.05, 3.63) is 436 Å². The summed E-state index contributed by atoms with van der Waals surface area (Å²) >= 11 is 0. The standard InChI is InChI=1S/C128H76B2N4O/c1-73-100-62-83-40-17-15-38-81(83)57-91(100)67-108-124(73)131(93-60-89(75-29-7-3-8-30-75)59-90(61-93)76-31-9-4-10-32-76)112-69-87-44-22-24-46-96(87)116-106-64-85-42-20-26-48-98(85)120-118-102-66-88(52-51-80(102)54-56-111(118)134(126(106)120)129(108)122(112)116)115-103(77-33-11-5-12-34-77)70-94(71-104(115)78-35-13-6-14-36-78)132-113-72-105-99-49-27-28-50-114(99)135-128(105)121-107-65-86-43-21-25-47-97(86)119-117-95-45-23-19-37-79(95)53-55-110(117)133(127(107)119)130(123(113)121)109-68-92-58-82-39-16-18-41-84(82)63-101(92)74(2)125(109)132/h3-72H,1-2H3. The minimum atomic E-state index is -0.303. The highest BCUT2D eigenvalue weighted by molar-refractivity contribution is 6.92. The number of fused-ring (bicyclic) bond motifs is 32. The third-order valence-corrected chi connectivity index (χ3v) is 31.1. The molecule has 31 rings (SSSR count). The van der Waals surface area contributed by atoms with Gasteiger partial charge in [0, 0.05) is 105 Å². The van der Waals surface area contributed by atoms with Crippen molar-refractivity contribution in [2.75, 3.05) is 9.80 Å². The number of nitrogens with zero attached hydrogens (tertiary/aromatic N) is 4. The number of hydrogen-bond donors (Lipinski definition) is 0. The Hall–Kier alpha value is -17.3. The number of para-hydroxylation sites is 1. The highest BCUT2D eigenvalue weighted by Gasteiger charge is 2.49. The van der Waals surface area contributed by atoms with Crippen LogP contribution in [0.3, 0.4) is 0 Å². The first-order chi connectivity index (χ1) is 66.8. The molecule has 0 atom stereocenters. The Morgan fingerprint density at radius 1 is 0.222 bits per heavy atom. The molecule has 0 spiro atoms. The predicted octanol–water partition coefficient (Wildman–Crippen LogP) is 32.0. The smallest absolute Gasteiger partial charge is 0.333 e. The van der Waals surface area contributed by atoms with Gasteiger partial charge in [0.2, 0.25) is 0 Å². The minimum Gasteiger partial charge on any atom is -0.455 e. The zero-order valence-corrected chi connectivity index (χ0v) is 73.8. The first-order valence-corrected chi connectivity index (χ1v) is 47.2. The maximum absolute atomic E-state index is 7.54. The summed E-state index contributed by atoms with van der Waals surface area (Å²) in [5, 5.41) is 29.2. The van der Waals surface area contributed by atoms with E-state index >= 15 is 0 Å². The van der Waals surface area contributed by atoms with Crippen molar-refractivity contribution in [1.82, 2.24) is 8.96 Å². The molecule has 0 N–H and O–H groups in total. The SMILES string of the molecule is Cc1c2c(cc3cc4ccccc4cc13)B1c3c(cc4ccccc4c3-c3cc4ccccc4c4c5c6cc(-c7c(-c8ccccc8)cc(N8c9cc%10c(oc%11ccccc%11%10)c%10c9B(c9cc%11cc%12ccccc%12cc%11c(C)c98)n8c9ccc%11ccccc%11c9c9c%11ccccc%11cc-%10c98)cc7-c7ccccc7)ccc6ccc5n1c34)N2c1cc(-c2ccccc2)cc(-c2ccccc2)c1. The lowest BCUT2D eigenvalue weighted by Crippen LogP contribution is -2.57. The highest BCUT2D eigenvalue weighted by atomic mass is 16.3. The van der Waals surface area contributed by atoms with Gasteiger partial charge in [-0.2, -0.15) is 0 Å². The van der Waals surface area contributed by atoms with Crippen LogP contribution in [0.4, 0.5) is 34.1 Å². The van der Waals surface area contributed by atoms with E-state index in [2.05, 4.69) is 457 Å². The zero-order chi connectivity index (χ0) is 88.0. The average Bonchev–Trinajstić information content (AvgIpc) is 1.56. The summed E-state index contributed by atoms with van der Waals surface area (Å²) in [6.45, 7) is 4.23. The molecule has 3 aromatic heterocycles. The fourth-order valence-electron chi connectivity index (χ4n) is 25.5. The minimum absolute atomic E-state index is 0.282. The van der Waals surface area contributed by atoms with Gasteiger partial charge in [-0.25, -0.2) is 0 Å². The summed E-state index contributed by atoms with van der Waals surface area (Å²) in [5.41, 5.74) is 37.3. The van der Waals surface area contributed by atoms with Crippen LogP contribution >= 0.6 is 0 Å². The van der Waals surface area contributed by atoms with Gasteiger partial charge in [0.1, 0.15) is 11.2 Å². The van der Waals surface area contributed by atoms with Crippen molar-refractivity contribution in [3.8, 4) is 77.9 Å². The van der Waals surface area contributed by atoms with Gasteiger partial charge in [-0.05, 0) is 308 Å². The molecule has 4 aliphatic rings. The van der Waals surface area contributed by atoms with Crippen molar-refractivity contribution >= 4 is 232 Å². The molecule has 5 nitrogen and oxygen atoms in total. The number of aromatic nitrogens is 2. The zero-order valence-electron chi connectivity index (χ0n) is 73.8. The summed E-state index contributed by atoms with van der Waals surface area (Å²) in [6, 6.07) is 162. The average molecular weight is 1710 g/mol. The third kappa shape index (κ3) is 10.1. The van der Waals surface area contributed by atoms with Crippen LogP contribution in [0.1, 0.15) is 11.1 Å². The van der Waals surface area contributed by atoms with E-state index in [1.165, 1.54) is 218 Å². The Morgan fingerprint density at radius 2 is 0.622 bits per heavy atom. The summed E-state index contributed by atoms with van der Waals surface area (Å²) in [4.78, 5) is 5.38. The molecule has 24 aromatic carbocycles. The van der Waals surface area contributed by atoms with E-state index in [1.807, 2.05) is 0 Å². The lowest BCUT2D eigenvalue weighted by molar-refractivity contribution is 0.670. The second-order valence-corrected chi connectivity index (χ2v) is 38.0.